The van der Waals surface area contributed by atoms with Crippen molar-refractivity contribution in [2.75, 3.05) is 13.1 Å². The molecule has 126 valence electrons. The van der Waals surface area contributed by atoms with Crippen molar-refractivity contribution in [1.29, 1.82) is 0 Å². The average Bonchev–Trinajstić information content (AvgIpc) is 2.50. The summed E-state index contributed by atoms with van der Waals surface area (Å²) in [5.74, 6) is 0.934. The molecule has 3 unspecified atom stereocenters. The fraction of sp³-hybridized carbons (Fsp3) is 0.882. The predicted molar refractivity (Wildman–Crippen MR) is 87.4 cm³/mol. The molecule has 5 heteroatoms. The minimum absolute atomic E-state index is 0.0179. The third-order valence-electron chi connectivity index (χ3n) is 5.12. The summed E-state index contributed by atoms with van der Waals surface area (Å²) in [6, 6.07) is -0.288. The maximum Gasteiger partial charge on any atom is 0.242 e. The molecule has 0 aromatic rings. The van der Waals surface area contributed by atoms with Crippen LogP contribution in [0.15, 0.2) is 0 Å². The Labute approximate surface area is 134 Å². The van der Waals surface area contributed by atoms with Crippen LogP contribution in [0.1, 0.15) is 58.8 Å². The Kier molecular flexibility index (Phi) is 6.68. The van der Waals surface area contributed by atoms with Gasteiger partial charge in [-0.25, -0.2) is 0 Å². The Morgan fingerprint density at radius 2 is 1.91 bits per heavy atom. The maximum atomic E-state index is 12.2. The van der Waals surface area contributed by atoms with E-state index in [9.17, 15) is 9.59 Å². The lowest BCUT2D eigenvalue weighted by molar-refractivity contribution is -0.129. The zero-order valence-corrected chi connectivity index (χ0v) is 14.0. The number of hydrogen-bond acceptors (Lipinski definition) is 3. The Morgan fingerprint density at radius 1 is 1.18 bits per heavy atom. The number of nitrogens with one attached hydrogen (secondary N) is 3. The van der Waals surface area contributed by atoms with E-state index in [1.165, 1.54) is 19.3 Å². The summed E-state index contributed by atoms with van der Waals surface area (Å²) in [5, 5.41) is 9.22. The average molecular weight is 309 g/mol. The molecule has 1 saturated heterocycles. The third-order valence-corrected chi connectivity index (χ3v) is 5.12. The van der Waals surface area contributed by atoms with Gasteiger partial charge in [0.1, 0.15) is 6.04 Å². The molecule has 0 aromatic heterocycles. The van der Waals surface area contributed by atoms with E-state index in [1.807, 2.05) is 0 Å². The molecule has 3 N–H and O–H groups in total. The SMILES string of the molecule is CC(NC(=O)CC1CCCCC1)C(=O)NC1CNCCC1C. The summed E-state index contributed by atoms with van der Waals surface area (Å²) in [6.45, 7) is 5.77. The zero-order chi connectivity index (χ0) is 15.9. The van der Waals surface area contributed by atoms with E-state index in [0.717, 1.165) is 32.4 Å². The first-order chi connectivity index (χ1) is 10.6. The van der Waals surface area contributed by atoms with Crippen LogP contribution in [-0.2, 0) is 9.59 Å². The van der Waals surface area contributed by atoms with Crippen LogP contribution in [0.5, 0.6) is 0 Å². The van der Waals surface area contributed by atoms with Crippen LogP contribution in [0, 0.1) is 11.8 Å². The Hall–Kier alpha value is -1.10. The minimum atomic E-state index is -0.454. The lowest BCUT2D eigenvalue weighted by Gasteiger charge is -2.31. The van der Waals surface area contributed by atoms with E-state index < -0.39 is 6.04 Å². The lowest BCUT2D eigenvalue weighted by atomic mass is 9.87. The van der Waals surface area contributed by atoms with Gasteiger partial charge in [-0.2, -0.15) is 0 Å². The van der Waals surface area contributed by atoms with Gasteiger partial charge in [-0.05, 0) is 44.6 Å². The van der Waals surface area contributed by atoms with Crippen molar-refractivity contribution in [2.24, 2.45) is 11.8 Å². The third kappa shape index (κ3) is 5.27. The van der Waals surface area contributed by atoms with Crippen LogP contribution >= 0.6 is 0 Å². The van der Waals surface area contributed by atoms with Crippen LogP contribution in [0.2, 0.25) is 0 Å². The van der Waals surface area contributed by atoms with Gasteiger partial charge in [0.15, 0.2) is 0 Å². The highest BCUT2D eigenvalue weighted by Crippen LogP contribution is 2.26. The molecular weight excluding hydrogens is 278 g/mol. The first-order valence-electron chi connectivity index (χ1n) is 8.86. The molecule has 1 heterocycles. The first-order valence-corrected chi connectivity index (χ1v) is 8.86. The van der Waals surface area contributed by atoms with Crippen molar-refractivity contribution >= 4 is 11.8 Å². The largest absolute Gasteiger partial charge is 0.350 e. The van der Waals surface area contributed by atoms with Gasteiger partial charge in [0.2, 0.25) is 11.8 Å². The zero-order valence-electron chi connectivity index (χ0n) is 14.0. The van der Waals surface area contributed by atoms with Gasteiger partial charge in [-0.15, -0.1) is 0 Å². The molecule has 1 aliphatic carbocycles. The van der Waals surface area contributed by atoms with Crippen LogP contribution < -0.4 is 16.0 Å². The van der Waals surface area contributed by atoms with Gasteiger partial charge >= 0.3 is 0 Å². The van der Waals surface area contributed by atoms with Crippen LogP contribution in [0.3, 0.4) is 0 Å². The monoisotopic (exact) mass is 309 g/mol. The van der Waals surface area contributed by atoms with E-state index in [2.05, 4.69) is 22.9 Å². The number of carbonyl (C=O) groups excluding carboxylic acids is 2. The summed E-state index contributed by atoms with van der Waals surface area (Å²) in [7, 11) is 0. The molecule has 0 aromatic carbocycles. The highest BCUT2D eigenvalue weighted by atomic mass is 16.2. The van der Waals surface area contributed by atoms with E-state index in [0.29, 0.717) is 18.3 Å². The van der Waals surface area contributed by atoms with E-state index in [4.69, 9.17) is 0 Å². The topological polar surface area (TPSA) is 70.2 Å². The minimum Gasteiger partial charge on any atom is -0.350 e. The van der Waals surface area contributed by atoms with Gasteiger partial charge in [-0.1, -0.05) is 26.2 Å². The summed E-state index contributed by atoms with van der Waals surface area (Å²) in [4.78, 5) is 24.3. The fourth-order valence-corrected chi connectivity index (χ4v) is 3.51. The molecule has 5 nitrogen and oxygen atoms in total. The number of piperidine rings is 1. The molecule has 0 spiro atoms. The van der Waals surface area contributed by atoms with E-state index in [-0.39, 0.29) is 17.9 Å². The molecule has 2 fully saturated rings. The molecule has 1 aliphatic heterocycles. The second-order valence-electron chi connectivity index (χ2n) is 7.08. The van der Waals surface area contributed by atoms with Gasteiger partial charge in [0.25, 0.3) is 0 Å². The van der Waals surface area contributed by atoms with Crippen LogP contribution in [0.4, 0.5) is 0 Å². The highest BCUT2D eigenvalue weighted by molar-refractivity contribution is 5.87. The Balaban J connectivity index is 1.71. The molecule has 2 aliphatic rings. The van der Waals surface area contributed by atoms with Crippen molar-refractivity contribution in [3.8, 4) is 0 Å². The van der Waals surface area contributed by atoms with Gasteiger partial charge < -0.3 is 16.0 Å². The smallest absolute Gasteiger partial charge is 0.242 e. The van der Waals surface area contributed by atoms with Gasteiger partial charge in [-0.3, -0.25) is 9.59 Å². The Morgan fingerprint density at radius 3 is 2.59 bits per heavy atom. The van der Waals surface area contributed by atoms with Crippen molar-refractivity contribution in [1.82, 2.24) is 16.0 Å². The number of carbonyl (C=O) groups is 2. The summed E-state index contributed by atoms with van der Waals surface area (Å²) >= 11 is 0. The van der Waals surface area contributed by atoms with E-state index in [1.54, 1.807) is 6.92 Å². The van der Waals surface area contributed by atoms with Crippen LogP contribution in [0.25, 0.3) is 0 Å². The number of rotatable bonds is 5. The molecule has 1 saturated carbocycles. The van der Waals surface area contributed by atoms with Crippen LogP contribution in [-0.4, -0.2) is 37.0 Å². The predicted octanol–water partition coefficient (Wildman–Crippen LogP) is 1.58. The number of hydrogen-bond donors (Lipinski definition) is 3. The molecule has 22 heavy (non-hydrogen) atoms. The van der Waals surface area contributed by atoms with Crippen molar-refractivity contribution in [3.05, 3.63) is 0 Å². The van der Waals surface area contributed by atoms with E-state index >= 15 is 0 Å². The highest BCUT2D eigenvalue weighted by Gasteiger charge is 2.26. The van der Waals surface area contributed by atoms with Crippen molar-refractivity contribution in [2.45, 2.75) is 70.9 Å². The quantitative estimate of drug-likeness (QED) is 0.722. The number of amides is 2. The second-order valence-corrected chi connectivity index (χ2v) is 7.08. The van der Waals surface area contributed by atoms with Gasteiger partial charge in [0, 0.05) is 19.0 Å². The Bertz CT molecular complexity index is 380. The molecular formula is C17H31N3O2. The standard InChI is InChI=1S/C17H31N3O2/c1-12-8-9-18-11-15(12)20-17(22)13(2)19-16(21)10-14-6-4-3-5-7-14/h12-15,18H,3-11H2,1-2H3,(H,19,21)(H,20,22). The molecule has 0 radical (unpaired) electrons. The summed E-state index contributed by atoms with van der Waals surface area (Å²) in [6.07, 6.45) is 7.72. The normalized spacial score (nSPS) is 27.9. The van der Waals surface area contributed by atoms with Crippen molar-refractivity contribution in [3.63, 3.8) is 0 Å². The summed E-state index contributed by atoms with van der Waals surface area (Å²) in [5.41, 5.74) is 0. The molecule has 3 atom stereocenters. The molecule has 2 rings (SSSR count). The summed E-state index contributed by atoms with van der Waals surface area (Å²) < 4.78 is 0. The fourth-order valence-electron chi connectivity index (χ4n) is 3.51. The van der Waals surface area contributed by atoms with Crippen molar-refractivity contribution < 1.29 is 9.59 Å². The first kappa shape index (κ1) is 17.3. The van der Waals surface area contributed by atoms with Gasteiger partial charge in [0.05, 0.1) is 0 Å². The molecule has 2 amide bonds. The second kappa shape index (κ2) is 8.51. The maximum absolute atomic E-state index is 12.2. The molecule has 0 bridgehead atoms. The lowest BCUT2D eigenvalue weighted by Crippen LogP contribution is -2.54.